The van der Waals surface area contributed by atoms with Crippen molar-refractivity contribution in [1.29, 1.82) is 0 Å². The molecule has 1 heterocycles. The zero-order chi connectivity index (χ0) is 32.0. The van der Waals surface area contributed by atoms with E-state index in [1.807, 2.05) is 0 Å². The fourth-order valence-corrected chi connectivity index (χ4v) is 2.74. The van der Waals surface area contributed by atoms with E-state index in [1.165, 1.54) is 0 Å². The van der Waals surface area contributed by atoms with Gasteiger partial charge in [-0.1, -0.05) is 0 Å². The standard InChI is InChI=1S/C19H22F15NO6/c20-13(21,14(22,23)15(24,25)16(26,27)17(28,29)18(30,31)19(32,33)34)12(36)35-9-11-10-40-6-5-38-2-1-37-3-4-39-7-8-41-11/h11H,1-10H2,(H,35,36). The lowest BCUT2D eigenvalue weighted by molar-refractivity contribution is -0.449. The molecule has 0 aliphatic carbocycles. The van der Waals surface area contributed by atoms with Crippen LogP contribution < -0.4 is 5.32 Å². The molecule has 7 nitrogen and oxygen atoms in total. The van der Waals surface area contributed by atoms with Gasteiger partial charge in [0.05, 0.1) is 65.6 Å². The van der Waals surface area contributed by atoms with Crippen LogP contribution in [0.2, 0.25) is 0 Å². The smallest absolute Gasteiger partial charge is 0.377 e. The van der Waals surface area contributed by atoms with Crippen LogP contribution in [0.3, 0.4) is 0 Å². The predicted molar refractivity (Wildman–Crippen MR) is 102 cm³/mol. The number of carbonyl (C=O) groups excluding carboxylic acids is 1. The molecule has 1 unspecified atom stereocenters. The van der Waals surface area contributed by atoms with Gasteiger partial charge in [-0.2, -0.15) is 65.9 Å². The molecule has 0 aromatic carbocycles. The summed E-state index contributed by atoms with van der Waals surface area (Å²) in [5.41, 5.74) is 0. The van der Waals surface area contributed by atoms with Crippen LogP contribution in [0.1, 0.15) is 0 Å². The number of amides is 1. The van der Waals surface area contributed by atoms with E-state index in [-0.39, 0.29) is 52.9 Å². The first-order valence-corrected chi connectivity index (χ1v) is 11.0. The van der Waals surface area contributed by atoms with Crippen LogP contribution in [0.25, 0.3) is 0 Å². The number of carbonyl (C=O) groups is 1. The fraction of sp³-hybridized carbons (Fsp3) is 0.947. The molecule has 0 saturated carbocycles. The summed E-state index contributed by atoms with van der Waals surface area (Å²) >= 11 is 0. The Bertz CT molecular complexity index is 824. The van der Waals surface area contributed by atoms with E-state index in [0.29, 0.717) is 0 Å². The monoisotopic (exact) mass is 645 g/mol. The number of ether oxygens (including phenoxy) is 5. The summed E-state index contributed by atoms with van der Waals surface area (Å²) < 4.78 is 225. The van der Waals surface area contributed by atoms with Crippen molar-refractivity contribution in [2.75, 3.05) is 66.0 Å². The molecule has 1 fully saturated rings. The summed E-state index contributed by atoms with van der Waals surface area (Å²) in [6, 6.07) is 0. The van der Waals surface area contributed by atoms with Crippen LogP contribution in [0.15, 0.2) is 0 Å². The molecule has 0 radical (unpaired) electrons. The van der Waals surface area contributed by atoms with Gasteiger partial charge in [-0.15, -0.1) is 0 Å². The fourth-order valence-electron chi connectivity index (χ4n) is 2.74. The Morgan fingerprint density at radius 3 is 1.34 bits per heavy atom. The minimum atomic E-state index is -8.49. The van der Waals surface area contributed by atoms with E-state index in [0.717, 1.165) is 5.32 Å². The normalized spacial score (nSPS) is 21.1. The Morgan fingerprint density at radius 2 is 0.902 bits per heavy atom. The van der Waals surface area contributed by atoms with Crippen molar-refractivity contribution in [2.45, 2.75) is 47.8 Å². The SMILES string of the molecule is O=C(NCC1COCCOCCOCCOCCO1)C(F)(F)C(F)(F)C(F)(F)C(F)(F)C(F)(F)C(F)(F)C(F)(F)F. The lowest BCUT2D eigenvalue weighted by Gasteiger charge is -2.41. The average Bonchev–Trinajstić information content (AvgIpc) is 2.85. The van der Waals surface area contributed by atoms with Crippen LogP contribution in [-0.2, 0) is 28.5 Å². The lowest BCUT2D eigenvalue weighted by atomic mass is 9.91. The van der Waals surface area contributed by atoms with E-state index in [1.54, 1.807) is 0 Å². The number of alkyl halides is 15. The molecule has 1 aliphatic rings. The summed E-state index contributed by atoms with van der Waals surface area (Å²) in [5.74, 6) is -51.9. The molecule has 0 aromatic rings. The maximum absolute atomic E-state index is 14.0. The number of rotatable bonds is 8. The van der Waals surface area contributed by atoms with E-state index in [2.05, 4.69) is 0 Å². The van der Waals surface area contributed by atoms with Crippen molar-refractivity contribution >= 4 is 5.91 Å². The third-order valence-electron chi connectivity index (χ3n) is 5.10. The summed E-state index contributed by atoms with van der Waals surface area (Å²) in [6.45, 7) is -2.29. The van der Waals surface area contributed by atoms with Crippen molar-refractivity contribution in [1.82, 2.24) is 5.32 Å². The molecule has 1 atom stereocenters. The maximum atomic E-state index is 14.0. The summed E-state index contributed by atoms with van der Waals surface area (Å²) in [6.07, 6.45) is -9.26. The Labute approximate surface area is 220 Å². The molecular weight excluding hydrogens is 623 g/mol. The number of hydrogen-bond donors (Lipinski definition) is 1. The van der Waals surface area contributed by atoms with Gasteiger partial charge in [-0.25, -0.2) is 0 Å². The van der Waals surface area contributed by atoms with Gasteiger partial charge in [0.15, 0.2) is 0 Å². The summed E-state index contributed by atoms with van der Waals surface area (Å²) in [7, 11) is 0. The van der Waals surface area contributed by atoms with Crippen LogP contribution in [0, 0.1) is 0 Å². The lowest BCUT2D eigenvalue weighted by Crippen LogP contribution is -2.74. The molecule has 1 aliphatic heterocycles. The highest BCUT2D eigenvalue weighted by atomic mass is 19.4. The van der Waals surface area contributed by atoms with Gasteiger partial charge in [-0.3, -0.25) is 4.79 Å². The zero-order valence-corrected chi connectivity index (χ0v) is 20.3. The molecule has 41 heavy (non-hydrogen) atoms. The highest BCUT2D eigenvalue weighted by molar-refractivity contribution is 5.84. The molecule has 1 amide bonds. The van der Waals surface area contributed by atoms with Crippen LogP contribution >= 0.6 is 0 Å². The van der Waals surface area contributed by atoms with Crippen molar-refractivity contribution in [3.63, 3.8) is 0 Å². The molecule has 22 heteroatoms. The van der Waals surface area contributed by atoms with Crippen molar-refractivity contribution < 1.29 is 94.3 Å². The van der Waals surface area contributed by atoms with E-state index in [4.69, 9.17) is 23.7 Å². The molecular formula is C19H22F15NO6. The van der Waals surface area contributed by atoms with Gasteiger partial charge < -0.3 is 29.0 Å². The van der Waals surface area contributed by atoms with Gasteiger partial charge in [0.1, 0.15) is 0 Å². The van der Waals surface area contributed by atoms with E-state index in [9.17, 15) is 70.7 Å². The average molecular weight is 645 g/mol. The molecule has 0 aromatic heterocycles. The van der Waals surface area contributed by atoms with Crippen LogP contribution in [0.5, 0.6) is 0 Å². The first-order chi connectivity index (χ1) is 18.5. The number of nitrogens with one attached hydrogen (secondary N) is 1. The Kier molecular flexibility index (Phi) is 12.4. The third kappa shape index (κ3) is 7.79. The summed E-state index contributed by atoms with van der Waals surface area (Å²) in [5, 5.41) is 0.900. The van der Waals surface area contributed by atoms with Gasteiger partial charge in [-0.05, 0) is 0 Å². The highest BCUT2D eigenvalue weighted by Crippen LogP contribution is 2.62. The predicted octanol–water partition coefficient (Wildman–Crippen LogP) is 3.94. The Morgan fingerprint density at radius 1 is 0.537 bits per heavy atom. The third-order valence-corrected chi connectivity index (χ3v) is 5.10. The first-order valence-electron chi connectivity index (χ1n) is 11.0. The van der Waals surface area contributed by atoms with E-state index < -0.39 is 66.9 Å². The second-order valence-electron chi connectivity index (χ2n) is 8.06. The second-order valence-corrected chi connectivity index (χ2v) is 8.06. The van der Waals surface area contributed by atoms with Crippen molar-refractivity contribution in [3.8, 4) is 0 Å². The highest BCUT2D eigenvalue weighted by Gasteiger charge is 2.94. The number of halogens is 15. The minimum absolute atomic E-state index is 0.0371. The molecule has 1 saturated heterocycles. The van der Waals surface area contributed by atoms with Crippen LogP contribution in [-0.4, -0.2) is 120 Å². The summed E-state index contributed by atoms with van der Waals surface area (Å²) in [4.78, 5) is 11.6. The largest absolute Gasteiger partial charge is 0.460 e. The molecule has 0 spiro atoms. The zero-order valence-electron chi connectivity index (χ0n) is 20.3. The minimum Gasteiger partial charge on any atom is -0.377 e. The number of hydrogen-bond acceptors (Lipinski definition) is 6. The quantitative estimate of drug-likeness (QED) is 0.404. The van der Waals surface area contributed by atoms with E-state index >= 15 is 0 Å². The van der Waals surface area contributed by atoms with Gasteiger partial charge in [0, 0.05) is 6.54 Å². The van der Waals surface area contributed by atoms with Gasteiger partial charge in [0.2, 0.25) is 0 Å². The van der Waals surface area contributed by atoms with Gasteiger partial charge >= 0.3 is 41.7 Å². The first kappa shape index (κ1) is 37.2. The Balaban J connectivity index is 3.09. The molecule has 1 rings (SSSR count). The van der Waals surface area contributed by atoms with Crippen molar-refractivity contribution in [3.05, 3.63) is 0 Å². The topological polar surface area (TPSA) is 75.3 Å². The second kappa shape index (κ2) is 13.7. The van der Waals surface area contributed by atoms with Crippen LogP contribution in [0.4, 0.5) is 65.9 Å². The van der Waals surface area contributed by atoms with Gasteiger partial charge in [0.25, 0.3) is 5.91 Å². The molecule has 1 N–H and O–H groups in total. The Hall–Kier alpha value is -1.78. The van der Waals surface area contributed by atoms with Crippen molar-refractivity contribution in [2.24, 2.45) is 0 Å². The molecule has 244 valence electrons. The molecule has 0 bridgehead atoms. The maximum Gasteiger partial charge on any atom is 0.460 e.